The molecule has 0 saturated carbocycles. The van der Waals surface area contributed by atoms with Crippen LogP contribution in [0.2, 0.25) is 0 Å². The Bertz CT molecular complexity index is 342. The summed E-state index contributed by atoms with van der Waals surface area (Å²) in [6.07, 6.45) is 0. The van der Waals surface area contributed by atoms with E-state index < -0.39 is 11.8 Å². The molecule has 0 aromatic heterocycles. The van der Waals surface area contributed by atoms with Crippen molar-refractivity contribution in [3.63, 3.8) is 0 Å². The molecular formula is C10H10O5. The standard InChI is InChI=1S/C10H10O5/c11-9(12)10(14-6-13-7-15-10)8-4-2-1-3-5-8/h1-5H,6-7H2,(H,11,12). The van der Waals surface area contributed by atoms with Crippen molar-refractivity contribution in [2.24, 2.45) is 0 Å². The Morgan fingerprint density at radius 2 is 1.80 bits per heavy atom. The van der Waals surface area contributed by atoms with E-state index in [1.807, 2.05) is 0 Å². The van der Waals surface area contributed by atoms with Gasteiger partial charge in [-0.1, -0.05) is 30.3 Å². The number of carbonyl (C=O) groups is 1. The first kappa shape index (κ1) is 10.1. The molecule has 1 aliphatic heterocycles. The fourth-order valence-electron chi connectivity index (χ4n) is 1.40. The van der Waals surface area contributed by atoms with E-state index in [2.05, 4.69) is 0 Å². The van der Waals surface area contributed by atoms with Crippen molar-refractivity contribution in [2.45, 2.75) is 5.79 Å². The highest BCUT2D eigenvalue weighted by atomic mass is 16.9. The first-order chi connectivity index (χ1) is 7.26. The molecule has 2 rings (SSSR count). The van der Waals surface area contributed by atoms with E-state index in [0.717, 1.165) is 0 Å². The molecule has 0 amide bonds. The van der Waals surface area contributed by atoms with E-state index in [-0.39, 0.29) is 13.6 Å². The number of hydrogen-bond acceptors (Lipinski definition) is 4. The minimum atomic E-state index is -1.74. The van der Waals surface area contributed by atoms with Crippen LogP contribution in [0.25, 0.3) is 0 Å². The van der Waals surface area contributed by atoms with Gasteiger partial charge in [0.05, 0.1) is 0 Å². The van der Waals surface area contributed by atoms with Crippen molar-refractivity contribution in [1.29, 1.82) is 0 Å². The van der Waals surface area contributed by atoms with Gasteiger partial charge in [-0.3, -0.25) is 0 Å². The Morgan fingerprint density at radius 1 is 1.20 bits per heavy atom. The van der Waals surface area contributed by atoms with Gasteiger partial charge < -0.3 is 19.3 Å². The molecule has 1 N–H and O–H groups in total. The van der Waals surface area contributed by atoms with Crippen LogP contribution in [0, 0.1) is 0 Å². The summed E-state index contributed by atoms with van der Waals surface area (Å²) >= 11 is 0. The highest BCUT2D eigenvalue weighted by Gasteiger charge is 2.45. The number of carboxylic acid groups (broad SMARTS) is 1. The summed E-state index contributed by atoms with van der Waals surface area (Å²) in [7, 11) is 0. The van der Waals surface area contributed by atoms with Gasteiger partial charge in [-0.05, 0) is 0 Å². The number of rotatable bonds is 2. The number of ether oxygens (including phenoxy) is 3. The van der Waals surface area contributed by atoms with Crippen molar-refractivity contribution in [2.75, 3.05) is 13.6 Å². The second-order valence-corrected chi connectivity index (χ2v) is 3.02. The van der Waals surface area contributed by atoms with Crippen molar-refractivity contribution < 1.29 is 24.1 Å². The van der Waals surface area contributed by atoms with Crippen LogP contribution in [-0.2, 0) is 24.8 Å². The summed E-state index contributed by atoms with van der Waals surface area (Å²) in [5, 5.41) is 9.14. The topological polar surface area (TPSA) is 65.0 Å². The van der Waals surface area contributed by atoms with Gasteiger partial charge in [-0.2, -0.15) is 0 Å². The van der Waals surface area contributed by atoms with Crippen molar-refractivity contribution in [1.82, 2.24) is 0 Å². The lowest BCUT2D eigenvalue weighted by molar-refractivity contribution is -0.355. The Kier molecular flexibility index (Phi) is 2.68. The summed E-state index contributed by atoms with van der Waals surface area (Å²) in [5.41, 5.74) is 0.445. The largest absolute Gasteiger partial charge is 0.477 e. The van der Waals surface area contributed by atoms with Gasteiger partial charge >= 0.3 is 11.8 Å². The molecule has 1 fully saturated rings. The fraction of sp³-hybridized carbons (Fsp3) is 0.300. The van der Waals surface area contributed by atoms with Crippen LogP contribution >= 0.6 is 0 Å². The lowest BCUT2D eigenvalue weighted by Crippen LogP contribution is -2.45. The molecule has 5 heteroatoms. The fourth-order valence-corrected chi connectivity index (χ4v) is 1.40. The third-order valence-corrected chi connectivity index (χ3v) is 2.13. The summed E-state index contributed by atoms with van der Waals surface area (Å²) in [5.74, 6) is -2.92. The molecule has 0 unspecified atom stereocenters. The van der Waals surface area contributed by atoms with Crippen molar-refractivity contribution in [3.05, 3.63) is 35.9 Å². The molecule has 15 heavy (non-hydrogen) atoms. The predicted octanol–water partition coefficient (Wildman–Crippen LogP) is 0.902. The first-order valence-electron chi connectivity index (χ1n) is 4.40. The molecule has 1 saturated heterocycles. The van der Waals surface area contributed by atoms with Gasteiger partial charge in [-0.25, -0.2) is 4.79 Å². The monoisotopic (exact) mass is 210 g/mol. The maximum atomic E-state index is 11.2. The predicted molar refractivity (Wildman–Crippen MR) is 48.7 cm³/mol. The van der Waals surface area contributed by atoms with E-state index in [0.29, 0.717) is 5.56 Å². The molecule has 80 valence electrons. The molecule has 1 aromatic carbocycles. The van der Waals surface area contributed by atoms with Gasteiger partial charge in [0, 0.05) is 5.56 Å². The van der Waals surface area contributed by atoms with Crippen molar-refractivity contribution >= 4 is 5.97 Å². The van der Waals surface area contributed by atoms with Gasteiger partial charge in [0.15, 0.2) is 13.6 Å². The maximum Gasteiger partial charge on any atom is 0.369 e. The Labute approximate surface area is 86.2 Å². The second kappa shape index (κ2) is 3.98. The number of benzene rings is 1. The lowest BCUT2D eigenvalue weighted by atomic mass is 10.1. The molecule has 1 aromatic rings. The lowest BCUT2D eigenvalue weighted by Gasteiger charge is -2.32. The molecule has 0 aliphatic carbocycles. The SMILES string of the molecule is O=C(O)C1(c2ccccc2)OCOCO1. The Balaban J connectivity index is 2.38. The van der Waals surface area contributed by atoms with Crippen LogP contribution in [0.15, 0.2) is 30.3 Å². The Morgan fingerprint density at radius 3 is 2.33 bits per heavy atom. The second-order valence-electron chi connectivity index (χ2n) is 3.02. The number of carboxylic acids is 1. The van der Waals surface area contributed by atoms with Crippen LogP contribution in [-0.4, -0.2) is 24.7 Å². The number of hydrogen-bond donors (Lipinski definition) is 1. The minimum absolute atomic E-state index is 0.0960. The van der Waals surface area contributed by atoms with Gasteiger partial charge in [0.1, 0.15) is 0 Å². The first-order valence-corrected chi connectivity index (χ1v) is 4.40. The van der Waals surface area contributed by atoms with E-state index in [1.165, 1.54) is 0 Å². The molecule has 0 spiro atoms. The van der Waals surface area contributed by atoms with Gasteiger partial charge in [-0.15, -0.1) is 0 Å². The summed E-state index contributed by atoms with van der Waals surface area (Å²) < 4.78 is 14.9. The summed E-state index contributed by atoms with van der Waals surface area (Å²) in [6.45, 7) is -0.192. The zero-order valence-electron chi connectivity index (χ0n) is 7.88. The van der Waals surface area contributed by atoms with Crippen LogP contribution < -0.4 is 0 Å². The smallest absolute Gasteiger partial charge is 0.369 e. The van der Waals surface area contributed by atoms with Crippen LogP contribution in [0.4, 0.5) is 0 Å². The summed E-state index contributed by atoms with van der Waals surface area (Å²) in [4.78, 5) is 11.2. The van der Waals surface area contributed by atoms with Crippen LogP contribution in [0.5, 0.6) is 0 Å². The third-order valence-electron chi connectivity index (χ3n) is 2.13. The van der Waals surface area contributed by atoms with Gasteiger partial charge in [0.25, 0.3) is 0 Å². The average Bonchev–Trinajstić information content (AvgIpc) is 2.31. The highest BCUT2D eigenvalue weighted by Crippen LogP contribution is 2.30. The Hall–Kier alpha value is -1.43. The molecular weight excluding hydrogens is 200 g/mol. The van der Waals surface area contributed by atoms with E-state index in [9.17, 15) is 4.79 Å². The highest BCUT2D eigenvalue weighted by molar-refractivity contribution is 5.77. The van der Waals surface area contributed by atoms with Crippen molar-refractivity contribution in [3.8, 4) is 0 Å². The quantitative estimate of drug-likeness (QED) is 0.785. The average molecular weight is 210 g/mol. The number of aliphatic carboxylic acids is 1. The normalized spacial score (nSPS) is 19.7. The minimum Gasteiger partial charge on any atom is -0.477 e. The summed E-state index contributed by atoms with van der Waals surface area (Å²) in [6, 6.07) is 8.52. The zero-order valence-corrected chi connectivity index (χ0v) is 7.88. The van der Waals surface area contributed by atoms with E-state index in [4.69, 9.17) is 19.3 Å². The molecule has 0 radical (unpaired) electrons. The zero-order chi connectivity index (χ0) is 10.7. The molecule has 5 nitrogen and oxygen atoms in total. The van der Waals surface area contributed by atoms with E-state index in [1.54, 1.807) is 30.3 Å². The van der Waals surface area contributed by atoms with Crippen LogP contribution in [0.1, 0.15) is 5.56 Å². The van der Waals surface area contributed by atoms with Gasteiger partial charge in [0.2, 0.25) is 0 Å². The maximum absolute atomic E-state index is 11.2. The molecule has 1 aliphatic rings. The molecule has 0 atom stereocenters. The van der Waals surface area contributed by atoms with Crippen LogP contribution in [0.3, 0.4) is 0 Å². The third kappa shape index (κ3) is 1.72. The molecule has 0 bridgehead atoms. The molecule has 1 heterocycles. The van der Waals surface area contributed by atoms with E-state index >= 15 is 0 Å².